The number of fused-ring (bicyclic) bond motifs is 5. The molecule has 0 heteroatoms. The van der Waals surface area contributed by atoms with Crippen LogP contribution in [0.15, 0.2) is 0 Å². The van der Waals surface area contributed by atoms with Crippen molar-refractivity contribution in [3.05, 3.63) is 0 Å². The Labute approximate surface area is 132 Å². The molecule has 0 aromatic carbocycles. The van der Waals surface area contributed by atoms with Gasteiger partial charge in [0, 0.05) is 0 Å². The van der Waals surface area contributed by atoms with Crippen LogP contribution in [0.25, 0.3) is 0 Å². The first-order valence-corrected chi connectivity index (χ1v) is 9.95. The molecule has 0 N–H and O–H groups in total. The average Bonchev–Trinajstić information content (AvgIpc) is 2.74. The summed E-state index contributed by atoms with van der Waals surface area (Å²) in [5, 5.41) is 0. The SMILES string of the molecule is C[C@@H]1CCC2CCC3C(CC[C@@]4(C)C3CC[C@@H]4C)[C@@]2(C)C1. The molecule has 4 fully saturated rings. The molecule has 0 aromatic rings. The first-order valence-electron chi connectivity index (χ1n) is 9.95. The molecule has 8 atom stereocenters. The second-order valence-electron chi connectivity index (χ2n) is 10.1. The molecule has 4 aliphatic carbocycles. The largest absolute Gasteiger partial charge is 0.0625 e. The highest BCUT2D eigenvalue weighted by Gasteiger charge is 2.59. The minimum Gasteiger partial charge on any atom is -0.0625 e. The summed E-state index contributed by atoms with van der Waals surface area (Å²) in [6.07, 6.45) is 13.9. The van der Waals surface area contributed by atoms with E-state index in [0.29, 0.717) is 10.8 Å². The molecule has 4 saturated carbocycles. The van der Waals surface area contributed by atoms with Crippen LogP contribution in [-0.4, -0.2) is 0 Å². The van der Waals surface area contributed by atoms with Crippen LogP contribution in [0, 0.1) is 46.3 Å². The Balaban J connectivity index is 1.64. The molecule has 0 aromatic heterocycles. The Bertz CT molecular complexity index is 412. The van der Waals surface area contributed by atoms with E-state index >= 15 is 0 Å². The van der Waals surface area contributed by atoms with Crippen LogP contribution in [0.1, 0.15) is 85.5 Å². The lowest BCUT2D eigenvalue weighted by atomic mass is 9.44. The molecule has 0 amide bonds. The van der Waals surface area contributed by atoms with Crippen LogP contribution in [0.5, 0.6) is 0 Å². The number of rotatable bonds is 0. The Morgan fingerprint density at radius 2 is 1.43 bits per heavy atom. The van der Waals surface area contributed by atoms with Crippen molar-refractivity contribution in [2.75, 3.05) is 0 Å². The molecule has 0 radical (unpaired) electrons. The van der Waals surface area contributed by atoms with Crippen molar-refractivity contribution in [2.24, 2.45) is 46.3 Å². The predicted octanol–water partition coefficient (Wildman–Crippen LogP) is 6.30. The van der Waals surface area contributed by atoms with Crippen LogP contribution < -0.4 is 0 Å². The van der Waals surface area contributed by atoms with Gasteiger partial charge >= 0.3 is 0 Å². The molecule has 0 nitrogen and oxygen atoms in total. The van der Waals surface area contributed by atoms with E-state index in [2.05, 4.69) is 27.7 Å². The fourth-order valence-electron chi connectivity index (χ4n) is 7.93. The Hall–Kier alpha value is 0. The molecule has 0 spiro atoms. The smallest absolute Gasteiger partial charge is 0.0264 e. The van der Waals surface area contributed by atoms with Gasteiger partial charge in [-0.15, -0.1) is 0 Å². The lowest BCUT2D eigenvalue weighted by Crippen LogP contribution is -2.53. The summed E-state index contributed by atoms with van der Waals surface area (Å²) in [6.45, 7) is 10.4. The van der Waals surface area contributed by atoms with E-state index in [9.17, 15) is 0 Å². The molecule has 21 heavy (non-hydrogen) atoms. The maximum atomic E-state index is 2.71. The predicted molar refractivity (Wildman–Crippen MR) is 90.1 cm³/mol. The van der Waals surface area contributed by atoms with Gasteiger partial charge in [0.25, 0.3) is 0 Å². The first-order chi connectivity index (χ1) is 9.95. The van der Waals surface area contributed by atoms with Crippen molar-refractivity contribution in [3.63, 3.8) is 0 Å². The van der Waals surface area contributed by atoms with Crippen molar-refractivity contribution in [1.29, 1.82) is 0 Å². The summed E-state index contributed by atoms with van der Waals surface area (Å²) in [6, 6.07) is 0. The molecule has 0 heterocycles. The minimum absolute atomic E-state index is 0.699. The molecular formula is C21H36. The van der Waals surface area contributed by atoms with Gasteiger partial charge < -0.3 is 0 Å². The molecule has 0 saturated heterocycles. The minimum atomic E-state index is 0.699. The van der Waals surface area contributed by atoms with Gasteiger partial charge in [0.15, 0.2) is 0 Å². The van der Waals surface area contributed by atoms with Gasteiger partial charge in [0.1, 0.15) is 0 Å². The first kappa shape index (κ1) is 14.6. The van der Waals surface area contributed by atoms with Gasteiger partial charge in [-0.05, 0) is 97.7 Å². The lowest BCUT2D eigenvalue weighted by molar-refractivity contribution is -0.117. The van der Waals surface area contributed by atoms with Gasteiger partial charge in [-0.25, -0.2) is 0 Å². The van der Waals surface area contributed by atoms with E-state index in [-0.39, 0.29) is 0 Å². The summed E-state index contributed by atoms with van der Waals surface area (Å²) in [4.78, 5) is 0. The van der Waals surface area contributed by atoms with E-state index in [4.69, 9.17) is 0 Å². The highest BCUT2D eigenvalue weighted by Crippen LogP contribution is 2.67. The number of hydrogen-bond donors (Lipinski definition) is 0. The monoisotopic (exact) mass is 288 g/mol. The van der Waals surface area contributed by atoms with E-state index in [1.54, 1.807) is 32.1 Å². The summed E-state index contributed by atoms with van der Waals surface area (Å²) in [7, 11) is 0. The van der Waals surface area contributed by atoms with Gasteiger partial charge in [0.2, 0.25) is 0 Å². The summed E-state index contributed by atoms with van der Waals surface area (Å²) in [5.74, 6) is 6.27. The third-order valence-electron chi connectivity index (χ3n) is 9.34. The maximum Gasteiger partial charge on any atom is -0.0264 e. The molecule has 0 aliphatic heterocycles. The van der Waals surface area contributed by atoms with Crippen molar-refractivity contribution < 1.29 is 0 Å². The molecular weight excluding hydrogens is 252 g/mol. The van der Waals surface area contributed by atoms with E-state index in [1.165, 1.54) is 25.7 Å². The summed E-state index contributed by atoms with van der Waals surface area (Å²) >= 11 is 0. The van der Waals surface area contributed by atoms with Crippen molar-refractivity contribution >= 4 is 0 Å². The van der Waals surface area contributed by atoms with Crippen molar-refractivity contribution in [3.8, 4) is 0 Å². The van der Waals surface area contributed by atoms with E-state index in [1.807, 2.05) is 0 Å². The fourth-order valence-corrected chi connectivity index (χ4v) is 7.93. The lowest BCUT2D eigenvalue weighted by Gasteiger charge is -2.61. The zero-order valence-corrected chi connectivity index (χ0v) is 14.8. The average molecular weight is 289 g/mol. The quantitative estimate of drug-likeness (QED) is 0.490. The van der Waals surface area contributed by atoms with Gasteiger partial charge in [-0.1, -0.05) is 34.1 Å². The zero-order valence-electron chi connectivity index (χ0n) is 14.8. The van der Waals surface area contributed by atoms with Crippen LogP contribution >= 0.6 is 0 Å². The van der Waals surface area contributed by atoms with Crippen LogP contribution in [0.4, 0.5) is 0 Å². The number of hydrogen-bond acceptors (Lipinski definition) is 0. The van der Waals surface area contributed by atoms with Crippen molar-refractivity contribution in [1.82, 2.24) is 0 Å². The topological polar surface area (TPSA) is 0 Å². The Kier molecular flexibility index (Phi) is 3.30. The molecule has 0 bridgehead atoms. The highest BCUT2D eigenvalue weighted by atomic mass is 14.6. The van der Waals surface area contributed by atoms with Crippen LogP contribution in [0.3, 0.4) is 0 Å². The normalized spacial score (nSPS) is 60.0. The molecule has 120 valence electrons. The van der Waals surface area contributed by atoms with Crippen LogP contribution in [0.2, 0.25) is 0 Å². The maximum absolute atomic E-state index is 2.71. The fraction of sp³-hybridized carbons (Fsp3) is 1.00. The Morgan fingerprint density at radius 3 is 2.24 bits per heavy atom. The third-order valence-corrected chi connectivity index (χ3v) is 9.34. The van der Waals surface area contributed by atoms with E-state index in [0.717, 1.165) is 35.5 Å². The second-order valence-corrected chi connectivity index (χ2v) is 10.1. The summed E-state index contributed by atoms with van der Waals surface area (Å²) < 4.78 is 0. The summed E-state index contributed by atoms with van der Waals surface area (Å²) in [5.41, 5.74) is 1.40. The van der Waals surface area contributed by atoms with Crippen LogP contribution in [-0.2, 0) is 0 Å². The Morgan fingerprint density at radius 1 is 0.714 bits per heavy atom. The standard InChI is InChI=1S/C21H36/c1-14-5-7-16-8-9-17-18-10-6-15(2)20(18,3)12-11-19(17)21(16,4)13-14/h14-19H,5-13H2,1-4H3/t14-,15+,16?,17?,18?,19?,20-,21+/m1/s1. The van der Waals surface area contributed by atoms with Gasteiger partial charge in [-0.3, -0.25) is 0 Å². The van der Waals surface area contributed by atoms with E-state index < -0.39 is 0 Å². The zero-order chi connectivity index (χ0) is 14.8. The van der Waals surface area contributed by atoms with Gasteiger partial charge in [-0.2, -0.15) is 0 Å². The molecule has 4 aliphatic rings. The van der Waals surface area contributed by atoms with Crippen molar-refractivity contribution in [2.45, 2.75) is 85.5 Å². The molecule has 4 unspecified atom stereocenters. The van der Waals surface area contributed by atoms with Gasteiger partial charge in [0.05, 0.1) is 0 Å². The molecule has 4 rings (SSSR count). The second kappa shape index (κ2) is 4.75. The highest BCUT2D eigenvalue weighted by molar-refractivity contribution is 5.08. The third kappa shape index (κ3) is 1.93.